The highest BCUT2D eigenvalue weighted by Crippen LogP contribution is 2.53. The number of rotatable bonds is 7. The number of hydrogen-bond acceptors (Lipinski definition) is 8. The van der Waals surface area contributed by atoms with Gasteiger partial charge in [-0.15, -0.1) is 11.3 Å². The predicted molar refractivity (Wildman–Crippen MR) is 140 cm³/mol. The quantitative estimate of drug-likeness (QED) is 0.336. The summed E-state index contributed by atoms with van der Waals surface area (Å²) in [4.78, 5) is 37.1. The van der Waals surface area contributed by atoms with Crippen molar-refractivity contribution in [2.45, 2.75) is 64.3 Å². The smallest absolute Gasteiger partial charge is 0.393 e. The van der Waals surface area contributed by atoms with Gasteiger partial charge in [-0.1, -0.05) is 13.8 Å². The molecule has 1 aliphatic carbocycles. The summed E-state index contributed by atoms with van der Waals surface area (Å²) in [6.07, 6.45) is -1.37. The molecule has 2 heterocycles. The number of anilines is 2. The van der Waals surface area contributed by atoms with Crippen LogP contribution in [0.1, 0.15) is 56.3 Å². The Morgan fingerprint density at radius 2 is 1.97 bits per heavy atom. The topological polar surface area (TPSA) is 143 Å². The van der Waals surface area contributed by atoms with E-state index in [0.717, 1.165) is 12.3 Å². The molecule has 39 heavy (non-hydrogen) atoms. The summed E-state index contributed by atoms with van der Waals surface area (Å²) in [5.74, 6) is -1.00. The maximum absolute atomic E-state index is 13.1. The van der Waals surface area contributed by atoms with Crippen LogP contribution < -0.4 is 16.4 Å². The molecule has 9 nitrogen and oxygen atoms in total. The zero-order valence-electron chi connectivity index (χ0n) is 21.6. The maximum Gasteiger partial charge on any atom is 0.433 e. The Morgan fingerprint density at radius 1 is 1.23 bits per heavy atom. The molecule has 0 bridgehead atoms. The molecule has 2 unspecified atom stereocenters. The van der Waals surface area contributed by atoms with Gasteiger partial charge in [0.25, 0.3) is 0 Å². The number of carbonyl (C=O) groups excluding carboxylic acids is 2. The summed E-state index contributed by atoms with van der Waals surface area (Å²) in [6, 6.07) is 5.97. The van der Waals surface area contributed by atoms with Crippen molar-refractivity contribution in [1.82, 2.24) is 20.3 Å². The largest absolute Gasteiger partial charge is 0.433 e. The summed E-state index contributed by atoms with van der Waals surface area (Å²) in [5.41, 5.74) is 4.86. The summed E-state index contributed by atoms with van der Waals surface area (Å²) < 4.78 is 39.4. The SMILES string of the molecule is CC(=O)NCc1cc(Nc2nccc(C(F)(F)F)n2)cc(-c2cnc(C3(C(N)=O)CCC(O)CC3(C)C)s2)c1. The lowest BCUT2D eigenvalue weighted by molar-refractivity contribution is -0.141. The highest BCUT2D eigenvalue weighted by molar-refractivity contribution is 7.15. The van der Waals surface area contributed by atoms with Gasteiger partial charge in [0.1, 0.15) is 16.1 Å². The Kier molecular flexibility index (Phi) is 7.68. The second-order valence-corrected chi connectivity index (χ2v) is 11.3. The number of aliphatic hydroxyl groups is 1. The van der Waals surface area contributed by atoms with E-state index in [0.29, 0.717) is 46.0 Å². The molecule has 4 rings (SSSR count). The highest BCUT2D eigenvalue weighted by Gasteiger charge is 2.56. The number of carbonyl (C=O) groups is 2. The fourth-order valence-corrected chi connectivity index (χ4v) is 6.40. The molecular formula is C26H29F3N6O3S. The number of nitrogens with one attached hydrogen (secondary N) is 2. The van der Waals surface area contributed by atoms with E-state index in [2.05, 4.69) is 25.6 Å². The Balaban J connectivity index is 1.74. The second kappa shape index (κ2) is 10.5. The van der Waals surface area contributed by atoms with E-state index in [1.54, 1.807) is 18.3 Å². The molecule has 1 aromatic carbocycles. The number of aliphatic hydroxyl groups excluding tert-OH is 1. The van der Waals surface area contributed by atoms with Crippen LogP contribution in [0.4, 0.5) is 24.8 Å². The van der Waals surface area contributed by atoms with Crippen LogP contribution in [0, 0.1) is 5.41 Å². The monoisotopic (exact) mass is 562 g/mol. The Morgan fingerprint density at radius 3 is 2.62 bits per heavy atom. The number of thiazole rings is 1. The van der Waals surface area contributed by atoms with Gasteiger partial charge in [-0.2, -0.15) is 13.2 Å². The average molecular weight is 563 g/mol. The van der Waals surface area contributed by atoms with Crippen LogP contribution in [0.15, 0.2) is 36.7 Å². The zero-order valence-corrected chi connectivity index (χ0v) is 22.4. The fourth-order valence-electron chi connectivity index (χ4n) is 5.09. The Labute approximate surface area is 227 Å². The van der Waals surface area contributed by atoms with Gasteiger partial charge in [0.05, 0.1) is 11.0 Å². The van der Waals surface area contributed by atoms with Crippen molar-refractivity contribution in [3.8, 4) is 10.4 Å². The first-order chi connectivity index (χ1) is 18.2. The molecule has 1 saturated carbocycles. The highest BCUT2D eigenvalue weighted by atomic mass is 32.1. The molecule has 5 N–H and O–H groups in total. The van der Waals surface area contributed by atoms with E-state index < -0.39 is 34.7 Å². The number of primary amides is 1. The van der Waals surface area contributed by atoms with Gasteiger partial charge >= 0.3 is 6.18 Å². The Hall–Kier alpha value is -3.58. The van der Waals surface area contributed by atoms with E-state index in [9.17, 15) is 27.9 Å². The van der Waals surface area contributed by atoms with Crippen LogP contribution in [-0.4, -0.2) is 38.0 Å². The third-order valence-electron chi connectivity index (χ3n) is 7.07. The first-order valence-electron chi connectivity index (χ1n) is 12.2. The molecule has 0 radical (unpaired) electrons. The van der Waals surface area contributed by atoms with E-state index in [4.69, 9.17) is 5.73 Å². The first-order valence-corrected chi connectivity index (χ1v) is 13.0. The minimum Gasteiger partial charge on any atom is -0.393 e. The van der Waals surface area contributed by atoms with Crippen molar-refractivity contribution < 1.29 is 27.9 Å². The predicted octanol–water partition coefficient (Wildman–Crippen LogP) is 4.29. The molecule has 0 spiro atoms. The van der Waals surface area contributed by atoms with E-state index in [1.165, 1.54) is 18.3 Å². The minimum absolute atomic E-state index is 0.170. The van der Waals surface area contributed by atoms with Gasteiger partial charge in [0.15, 0.2) is 0 Å². The van der Waals surface area contributed by atoms with Gasteiger partial charge < -0.3 is 21.5 Å². The molecule has 0 aliphatic heterocycles. The third-order valence-corrected chi connectivity index (χ3v) is 8.27. The first kappa shape index (κ1) is 28.4. The van der Waals surface area contributed by atoms with E-state index >= 15 is 0 Å². The van der Waals surface area contributed by atoms with Gasteiger partial charge in [0, 0.05) is 31.5 Å². The third kappa shape index (κ3) is 5.88. The van der Waals surface area contributed by atoms with Crippen LogP contribution in [0.2, 0.25) is 0 Å². The second-order valence-electron chi connectivity index (χ2n) is 10.3. The lowest BCUT2D eigenvalue weighted by atomic mass is 9.57. The maximum atomic E-state index is 13.1. The van der Waals surface area contributed by atoms with E-state index in [1.807, 2.05) is 19.9 Å². The number of nitrogens with zero attached hydrogens (tertiary/aromatic N) is 3. The number of halogens is 3. The molecule has 3 aromatic rings. The van der Waals surface area contributed by atoms with Crippen LogP contribution >= 0.6 is 11.3 Å². The zero-order chi connectivity index (χ0) is 28.6. The number of hydrogen-bond donors (Lipinski definition) is 4. The van der Waals surface area contributed by atoms with Crippen molar-refractivity contribution >= 4 is 34.8 Å². The van der Waals surface area contributed by atoms with Crippen LogP contribution in [0.3, 0.4) is 0 Å². The molecule has 2 atom stereocenters. The number of benzene rings is 1. The summed E-state index contributed by atoms with van der Waals surface area (Å²) in [5, 5.41) is 16.3. The number of nitrogens with two attached hydrogens (primary N) is 1. The van der Waals surface area contributed by atoms with Crippen molar-refractivity contribution in [2.75, 3.05) is 5.32 Å². The fraction of sp³-hybridized carbons (Fsp3) is 0.423. The van der Waals surface area contributed by atoms with Gasteiger partial charge in [-0.05, 0) is 60.1 Å². The summed E-state index contributed by atoms with van der Waals surface area (Å²) in [7, 11) is 0. The lowest BCUT2D eigenvalue weighted by Crippen LogP contribution is -2.56. The molecule has 1 fully saturated rings. The van der Waals surface area contributed by atoms with Gasteiger partial charge in [-0.3, -0.25) is 9.59 Å². The van der Waals surface area contributed by atoms with Crippen molar-refractivity contribution in [3.63, 3.8) is 0 Å². The van der Waals surface area contributed by atoms with Crippen molar-refractivity contribution in [2.24, 2.45) is 11.1 Å². The van der Waals surface area contributed by atoms with Crippen molar-refractivity contribution in [3.05, 3.63) is 52.9 Å². The standard InChI is InChI=1S/C26H29F3N6O3S/c1-14(36)32-12-15-8-16(10-17(9-15)34-23-31-7-5-20(35-23)26(27,28)29)19-13-33-22(39-19)25(21(30)38)6-4-18(37)11-24(25,2)3/h5,7-10,13,18,37H,4,6,11-12H2,1-3H3,(H2,30,38)(H,32,36)(H,31,34,35). The molecule has 208 valence electrons. The molecule has 2 amide bonds. The number of amides is 2. The molecule has 1 aliphatic rings. The van der Waals surface area contributed by atoms with Crippen molar-refractivity contribution in [1.29, 1.82) is 0 Å². The average Bonchev–Trinajstić information content (AvgIpc) is 3.32. The molecule has 0 saturated heterocycles. The summed E-state index contributed by atoms with van der Waals surface area (Å²) in [6.45, 7) is 5.34. The molecule has 13 heteroatoms. The normalized spacial score (nSPS) is 20.8. The van der Waals surface area contributed by atoms with Crippen LogP contribution in [0.5, 0.6) is 0 Å². The number of alkyl halides is 3. The van der Waals surface area contributed by atoms with Crippen LogP contribution in [-0.2, 0) is 27.7 Å². The van der Waals surface area contributed by atoms with Crippen LogP contribution in [0.25, 0.3) is 10.4 Å². The van der Waals surface area contributed by atoms with Gasteiger partial charge in [-0.25, -0.2) is 15.0 Å². The molecular weight excluding hydrogens is 533 g/mol. The van der Waals surface area contributed by atoms with Gasteiger partial charge in [0.2, 0.25) is 17.8 Å². The number of aromatic nitrogens is 3. The lowest BCUT2D eigenvalue weighted by Gasteiger charge is -2.48. The van der Waals surface area contributed by atoms with E-state index in [-0.39, 0.29) is 18.4 Å². The Bertz CT molecular complexity index is 1390. The minimum atomic E-state index is -4.63. The summed E-state index contributed by atoms with van der Waals surface area (Å²) >= 11 is 1.29. The molecule has 2 aromatic heterocycles.